The van der Waals surface area contributed by atoms with Gasteiger partial charge in [-0.25, -0.2) is 4.39 Å². The van der Waals surface area contributed by atoms with Crippen LogP contribution in [0.4, 0.5) is 4.39 Å². The van der Waals surface area contributed by atoms with Gasteiger partial charge >= 0.3 is 5.97 Å². The van der Waals surface area contributed by atoms with Gasteiger partial charge in [-0.05, 0) is 50.6 Å². The van der Waals surface area contributed by atoms with E-state index in [1.807, 2.05) is 6.92 Å². The van der Waals surface area contributed by atoms with Gasteiger partial charge in [0.25, 0.3) is 0 Å². The van der Waals surface area contributed by atoms with E-state index < -0.39 is 0 Å². The maximum Gasteiger partial charge on any atom is 0.310 e. The fourth-order valence-corrected chi connectivity index (χ4v) is 3.19. The Kier molecular flexibility index (Phi) is 5.25. The first-order chi connectivity index (χ1) is 11.7. The van der Waals surface area contributed by atoms with Gasteiger partial charge in [-0.15, -0.1) is 0 Å². The lowest BCUT2D eigenvalue weighted by molar-refractivity contribution is -0.150. The molecule has 5 nitrogen and oxygen atoms in total. The molecule has 6 heteroatoms. The third-order valence-corrected chi connectivity index (χ3v) is 4.37. The van der Waals surface area contributed by atoms with Gasteiger partial charge < -0.3 is 4.74 Å². The number of H-pyrrole nitrogens is 1. The maximum absolute atomic E-state index is 13.1. The Morgan fingerprint density at radius 1 is 1.42 bits per heavy atom. The maximum atomic E-state index is 13.1. The van der Waals surface area contributed by atoms with Gasteiger partial charge in [0.05, 0.1) is 24.4 Å². The molecule has 128 valence electrons. The molecule has 2 heterocycles. The van der Waals surface area contributed by atoms with Crippen LogP contribution in [0.25, 0.3) is 11.3 Å². The highest BCUT2D eigenvalue weighted by atomic mass is 19.1. The SMILES string of the molecule is CCOC(=O)C1CCCN(Cc2cn[nH]c2-c2ccc(F)cc2)C1. The highest BCUT2D eigenvalue weighted by molar-refractivity contribution is 5.72. The topological polar surface area (TPSA) is 58.2 Å². The normalized spacial score (nSPS) is 18.5. The number of piperidine rings is 1. The predicted molar refractivity (Wildman–Crippen MR) is 88.6 cm³/mol. The summed E-state index contributed by atoms with van der Waals surface area (Å²) in [6.45, 7) is 4.61. The molecule has 0 saturated carbocycles. The molecule has 24 heavy (non-hydrogen) atoms. The number of aromatic nitrogens is 2. The van der Waals surface area contributed by atoms with E-state index in [9.17, 15) is 9.18 Å². The Balaban J connectivity index is 1.69. The number of nitrogens with one attached hydrogen (secondary N) is 1. The molecule has 1 aliphatic rings. The Bertz CT molecular complexity index is 684. The average molecular weight is 331 g/mol. The van der Waals surface area contributed by atoms with Crippen LogP contribution in [0.5, 0.6) is 0 Å². The molecule has 2 aromatic rings. The van der Waals surface area contributed by atoms with Crippen molar-refractivity contribution in [2.75, 3.05) is 19.7 Å². The smallest absolute Gasteiger partial charge is 0.310 e. The molecule has 1 aromatic carbocycles. The minimum Gasteiger partial charge on any atom is -0.466 e. The molecule has 0 spiro atoms. The van der Waals surface area contributed by atoms with Crippen molar-refractivity contribution in [2.45, 2.75) is 26.3 Å². The van der Waals surface area contributed by atoms with Crippen molar-refractivity contribution in [3.8, 4) is 11.3 Å². The minimum atomic E-state index is -0.256. The lowest BCUT2D eigenvalue weighted by Crippen LogP contribution is -2.38. The zero-order valence-corrected chi connectivity index (χ0v) is 13.8. The van der Waals surface area contributed by atoms with Crippen molar-refractivity contribution in [1.82, 2.24) is 15.1 Å². The van der Waals surface area contributed by atoms with Crippen molar-refractivity contribution in [3.05, 3.63) is 41.8 Å². The number of ether oxygens (including phenoxy) is 1. The number of carbonyl (C=O) groups excluding carboxylic acids is 1. The van der Waals surface area contributed by atoms with Crippen LogP contribution in [0.1, 0.15) is 25.3 Å². The Morgan fingerprint density at radius 3 is 2.96 bits per heavy atom. The Labute approximate surface area is 140 Å². The molecule has 1 atom stereocenters. The molecular weight excluding hydrogens is 309 g/mol. The van der Waals surface area contributed by atoms with Crippen LogP contribution < -0.4 is 0 Å². The highest BCUT2D eigenvalue weighted by Crippen LogP contribution is 2.25. The number of hydrogen-bond donors (Lipinski definition) is 1. The van der Waals surface area contributed by atoms with E-state index in [0.717, 1.165) is 36.2 Å². The monoisotopic (exact) mass is 331 g/mol. The fourth-order valence-electron chi connectivity index (χ4n) is 3.19. The largest absolute Gasteiger partial charge is 0.466 e. The molecule has 1 N–H and O–H groups in total. The molecule has 0 aliphatic carbocycles. The van der Waals surface area contributed by atoms with Gasteiger partial charge in [-0.2, -0.15) is 5.10 Å². The molecule has 3 rings (SSSR count). The van der Waals surface area contributed by atoms with Crippen LogP contribution in [-0.2, 0) is 16.1 Å². The number of rotatable bonds is 5. The molecule has 1 saturated heterocycles. The first-order valence-electron chi connectivity index (χ1n) is 8.34. The number of hydrogen-bond acceptors (Lipinski definition) is 4. The van der Waals surface area contributed by atoms with Crippen molar-refractivity contribution in [3.63, 3.8) is 0 Å². The lowest BCUT2D eigenvalue weighted by atomic mass is 9.97. The van der Waals surface area contributed by atoms with E-state index in [1.165, 1.54) is 12.1 Å². The summed E-state index contributed by atoms with van der Waals surface area (Å²) >= 11 is 0. The summed E-state index contributed by atoms with van der Waals surface area (Å²) in [5.41, 5.74) is 2.85. The number of carbonyl (C=O) groups is 1. The quantitative estimate of drug-likeness (QED) is 0.856. The molecule has 0 amide bonds. The zero-order valence-electron chi connectivity index (χ0n) is 13.8. The van der Waals surface area contributed by atoms with E-state index >= 15 is 0 Å². The van der Waals surface area contributed by atoms with Crippen LogP contribution in [-0.4, -0.2) is 40.8 Å². The summed E-state index contributed by atoms with van der Waals surface area (Å²) in [6.07, 6.45) is 3.66. The first kappa shape index (κ1) is 16.6. The predicted octanol–water partition coefficient (Wildman–Crippen LogP) is 2.99. The van der Waals surface area contributed by atoms with Crippen molar-refractivity contribution in [1.29, 1.82) is 0 Å². The van der Waals surface area contributed by atoms with Crippen molar-refractivity contribution < 1.29 is 13.9 Å². The van der Waals surface area contributed by atoms with Crippen LogP contribution in [0.2, 0.25) is 0 Å². The summed E-state index contributed by atoms with van der Waals surface area (Å²) < 4.78 is 18.3. The highest BCUT2D eigenvalue weighted by Gasteiger charge is 2.27. The molecule has 0 radical (unpaired) electrons. The van der Waals surface area contributed by atoms with Crippen LogP contribution >= 0.6 is 0 Å². The van der Waals surface area contributed by atoms with Crippen LogP contribution in [0.3, 0.4) is 0 Å². The van der Waals surface area contributed by atoms with Gasteiger partial charge in [0, 0.05) is 24.2 Å². The van der Waals surface area contributed by atoms with Crippen molar-refractivity contribution >= 4 is 5.97 Å². The van der Waals surface area contributed by atoms with Gasteiger partial charge in [0.15, 0.2) is 0 Å². The first-order valence-corrected chi connectivity index (χ1v) is 8.34. The van der Waals surface area contributed by atoms with E-state index in [0.29, 0.717) is 19.7 Å². The standard InChI is InChI=1S/C18H22FN3O2/c1-2-24-18(23)14-4-3-9-22(11-14)12-15-10-20-21-17(15)13-5-7-16(19)8-6-13/h5-8,10,14H,2-4,9,11-12H2,1H3,(H,20,21). The summed E-state index contributed by atoms with van der Waals surface area (Å²) in [6, 6.07) is 6.36. The minimum absolute atomic E-state index is 0.0557. The van der Waals surface area contributed by atoms with E-state index in [4.69, 9.17) is 4.74 Å². The van der Waals surface area contributed by atoms with Gasteiger partial charge in [0.1, 0.15) is 5.82 Å². The third-order valence-electron chi connectivity index (χ3n) is 4.37. The molecule has 1 aliphatic heterocycles. The average Bonchev–Trinajstić information content (AvgIpc) is 3.04. The number of aromatic amines is 1. The Hall–Kier alpha value is -2.21. The number of benzene rings is 1. The van der Waals surface area contributed by atoms with Gasteiger partial charge in [-0.3, -0.25) is 14.8 Å². The second kappa shape index (κ2) is 7.57. The fraction of sp³-hybridized carbons (Fsp3) is 0.444. The van der Waals surface area contributed by atoms with Crippen molar-refractivity contribution in [2.24, 2.45) is 5.92 Å². The number of likely N-dealkylation sites (tertiary alicyclic amines) is 1. The van der Waals surface area contributed by atoms with Gasteiger partial charge in [0.2, 0.25) is 0 Å². The van der Waals surface area contributed by atoms with Crippen LogP contribution in [0.15, 0.2) is 30.5 Å². The van der Waals surface area contributed by atoms with Gasteiger partial charge in [-0.1, -0.05) is 0 Å². The number of nitrogens with zero attached hydrogens (tertiary/aromatic N) is 2. The molecule has 1 unspecified atom stereocenters. The molecule has 0 bridgehead atoms. The third kappa shape index (κ3) is 3.82. The second-order valence-electron chi connectivity index (χ2n) is 6.10. The van der Waals surface area contributed by atoms with Crippen LogP contribution in [0, 0.1) is 11.7 Å². The van der Waals surface area contributed by atoms with E-state index in [1.54, 1.807) is 18.3 Å². The number of halogens is 1. The number of esters is 1. The summed E-state index contributed by atoms with van der Waals surface area (Å²) in [7, 11) is 0. The second-order valence-corrected chi connectivity index (χ2v) is 6.10. The van der Waals surface area contributed by atoms with E-state index in [2.05, 4.69) is 15.1 Å². The Morgan fingerprint density at radius 2 is 2.21 bits per heavy atom. The summed E-state index contributed by atoms with van der Waals surface area (Å²) in [4.78, 5) is 14.2. The summed E-state index contributed by atoms with van der Waals surface area (Å²) in [5.74, 6) is -0.416. The zero-order chi connectivity index (χ0) is 16.9. The lowest BCUT2D eigenvalue weighted by Gasteiger charge is -2.31. The molecular formula is C18H22FN3O2. The van der Waals surface area contributed by atoms with E-state index in [-0.39, 0.29) is 17.7 Å². The molecule has 1 aromatic heterocycles. The summed E-state index contributed by atoms with van der Waals surface area (Å²) in [5, 5.41) is 7.13. The molecule has 1 fully saturated rings.